The van der Waals surface area contributed by atoms with Crippen LogP contribution in [0.3, 0.4) is 0 Å². The van der Waals surface area contributed by atoms with Crippen molar-refractivity contribution in [2.75, 3.05) is 13.7 Å². The van der Waals surface area contributed by atoms with Gasteiger partial charge in [-0.3, -0.25) is 4.79 Å². The molecule has 0 bridgehead atoms. The molecule has 2 aromatic carbocycles. The Morgan fingerprint density at radius 1 is 1.03 bits per heavy atom. The van der Waals surface area contributed by atoms with Gasteiger partial charge in [0.25, 0.3) is 0 Å². The molecule has 1 saturated heterocycles. The van der Waals surface area contributed by atoms with E-state index in [-0.39, 0.29) is 28.6 Å². The number of rotatable bonds is 7. The Morgan fingerprint density at radius 2 is 1.76 bits per heavy atom. The lowest BCUT2D eigenvalue weighted by Crippen LogP contribution is -2.60. The fourth-order valence-electron chi connectivity index (χ4n) is 3.24. The monoisotopic (exact) mass is 464 g/mol. The summed E-state index contributed by atoms with van der Waals surface area (Å²) in [4.78, 5) is 12.6. The predicted molar refractivity (Wildman–Crippen MR) is 112 cm³/mol. The number of phenolic OH excluding ortho intramolecular Hbond substituents is 3. The second kappa shape index (κ2) is 10.1. The third-order valence-electron chi connectivity index (χ3n) is 5.08. The second-order valence-electron chi connectivity index (χ2n) is 7.25. The molecule has 1 heterocycles. The van der Waals surface area contributed by atoms with Crippen LogP contribution in [0.2, 0.25) is 0 Å². The van der Waals surface area contributed by atoms with Gasteiger partial charge in [-0.1, -0.05) is 12.1 Å². The molecule has 3 rings (SSSR count). The Hall–Kier alpha value is -3.35. The number of hydrogen-bond donors (Lipinski definition) is 7. The van der Waals surface area contributed by atoms with E-state index in [1.54, 1.807) is 0 Å². The van der Waals surface area contributed by atoms with Crippen molar-refractivity contribution in [1.82, 2.24) is 0 Å². The first kappa shape index (κ1) is 24.3. The molecule has 0 amide bonds. The van der Waals surface area contributed by atoms with Crippen LogP contribution >= 0.6 is 0 Å². The number of aromatic hydroxyl groups is 3. The summed E-state index contributed by atoms with van der Waals surface area (Å²) in [6, 6.07) is 6.48. The zero-order valence-electron chi connectivity index (χ0n) is 17.4. The maximum Gasteiger partial charge on any atom is 0.229 e. The average Bonchev–Trinajstić information content (AvgIpc) is 2.80. The molecule has 7 N–H and O–H groups in total. The Kier molecular flexibility index (Phi) is 7.41. The van der Waals surface area contributed by atoms with E-state index < -0.39 is 48.8 Å². The zero-order valence-corrected chi connectivity index (χ0v) is 17.4. The molecular weight excluding hydrogens is 440 g/mol. The summed E-state index contributed by atoms with van der Waals surface area (Å²) >= 11 is 0. The summed E-state index contributed by atoms with van der Waals surface area (Å²) in [6.45, 7) is -0.647. The van der Waals surface area contributed by atoms with Crippen LogP contribution in [-0.4, -0.2) is 86.0 Å². The van der Waals surface area contributed by atoms with Gasteiger partial charge in [0.05, 0.1) is 19.3 Å². The topological polar surface area (TPSA) is 186 Å². The molecule has 1 aliphatic heterocycles. The SMILES string of the molecule is COc1c(O[C@H]2O[C@@H](CO)[C@H](O)[C@@H](O)[C@@H]2O)ccc(C(=O)/C=C\c2ccc(O)c(O)c2)c1O. The van der Waals surface area contributed by atoms with Gasteiger partial charge < -0.3 is 50.0 Å². The first-order valence-corrected chi connectivity index (χ1v) is 9.79. The summed E-state index contributed by atoms with van der Waals surface area (Å²) < 4.78 is 15.9. The molecule has 2 aromatic rings. The summed E-state index contributed by atoms with van der Waals surface area (Å²) in [7, 11) is 1.21. The molecular formula is C22H24O11. The molecule has 33 heavy (non-hydrogen) atoms. The highest BCUT2D eigenvalue weighted by Gasteiger charge is 2.45. The molecule has 0 unspecified atom stereocenters. The minimum absolute atomic E-state index is 0.136. The number of methoxy groups -OCH3 is 1. The number of benzene rings is 2. The van der Waals surface area contributed by atoms with Gasteiger partial charge in [0, 0.05) is 0 Å². The zero-order chi connectivity index (χ0) is 24.3. The average molecular weight is 464 g/mol. The highest BCUT2D eigenvalue weighted by Crippen LogP contribution is 2.41. The lowest BCUT2D eigenvalue weighted by atomic mass is 9.99. The largest absolute Gasteiger partial charge is 0.504 e. The minimum atomic E-state index is -1.68. The number of aliphatic hydroxyl groups excluding tert-OH is 4. The normalized spacial score (nSPS) is 25.2. The smallest absolute Gasteiger partial charge is 0.229 e. The molecule has 11 heteroatoms. The van der Waals surface area contributed by atoms with E-state index in [0.29, 0.717) is 5.56 Å². The fourth-order valence-corrected chi connectivity index (χ4v) is 3.24. The van der Waals surface area contributed by atoms with E-state index >= 15 is 0 Å². The molecule has 0 aromatic heterocycles. The Balaban J connectivity index is 1.82. The van der Waals surface area contributed by atoms with Gasteiger partial charge in [-0.25, -0.2) is 0 Å². The maximum atomic E-state index is 12.6. The molecule has 0 spiro atoms. The van der Waals surface area contributed by atoms with Crippen LogP contribution in [-0.2, 0) is 4.74 Å². The van der Waals surface area contributed by atoms with Crippen molar-refractivity contribution in [3.63, 3.8) is 0 Å². The van der Waals surface area contributed by atoms with Gasteiger partial charge in [0.2, 0.25) is 12.0 Å². The number of phenols is 3. The fraction of sp³-hybridized carbons (Fsp3) is 0.318. The van der Waals surface area contributed by atoms with Gasteiger partial charge in [-0.2, -0.15) is 0 Å². The van der Waals surface area contributed by atoms with E-state index in [1.165, 1.54) is 43.5 Å². The third kappa shape index (κ3) is 5.02. The van der Waals surface area contributed by atoms with Crippen LogP contribution in [0.15, 0.2) is 36.4 Å². The van der Waals surface area contributed by atoms with Crippen LogP contribution < -0.4 is 9.47 Å². The van der Waals surface area contributed by atoms with Crippen molar-refractivity contribution in [3.8, 4) is 28.7 Å². The first-order valence-electron chi connectivity index (χ1n) is 9.79. The summed E-state index contributed by atoms with van der Waals surface area (Å²) in [5.74, 6) is -2.24. The van der Waals surface area contributed by atoms with Crippen molar-refractivity contribution in [2.24, 2.45) is 0 Å². The Bertz CT molecular complexity index is 1030. The van der Waals surface area contributed by atoms with Crippen LogP contribution in [0.5, 0.6) is 28.7 Å². The number of hydrogen-bond acceptors (Lipinski definition) is 11. The molecule has 1 aliphatic rings. The number of allylic oxidation sites excluding steroid dienone is 1. The van der Waals surface area contributed by atoms with Crippen molar-refractivity contribution in [1.29, 1.82) is 0 Å². The Morgan fingerprint density at radius 3 is 2.39 bits per heavy atom. The van der Waals surface area contributed by atoms with E-state index in [2.05, 4.69) is 0 Å². The van der Waals surface area contributed by atoms with Crippen LogP contribution in [0.4, 0.5) is 0 Å². The van der Waals surface area contributed by atoms with Crippen LogP contribution in [0.25, 0.3) is 6.08 Å². The van der Waals surface area contributed by atoms with Gasteiger partial charge in [-0.05, 0) is 35.9 Å². The van der Waals surface area contributed by atoms with Crippen LogP contribution in [0, 0.1) is 0 Å². The van der Waals surface area contributed by atoms with Gasteiger partial charge in [0.15, 0.2) is 28.8 Å². The summed E-state index contributed by atoms with van der Waals surface area (Å²) in [5.41, 5.74) is 0.278. The van der Waals surface area contributed by atoms with E-state index in [4.69, 9.17) is 14.2 Å². The van der Waals surface area contributed by atoms with Gasteiger partial charge in [-0.15, -0.1) is 0 Å². The van der Waals surface area contributed by atoms with Gasteiger partial charge >= 0.3 is 0 Å². The molecule has 11 nitrogen and oxygen atoms in total. The number of ether oxygens (including phenoxy) is 3. The van der Waals surface area contributed by atoms with Crippen molar-refractivity contribution < 1.29 is 54.8 Å². The number of ketones is 1. The number of aliphatic hydroxyl groups is 4. The van der Waals surface area contributed by atoms with E-state index in [9.17, 15) is 40.5 Å². The predicted octanol–water partition coefficient (Wildman–Crippen LogP) is -0.113. The number of carbonyl (C=O) groups is 1. The third-order valence-corrected chi connectivity index (χ3v) is 5.08. The molecule has 0 radical (unpaired) electrons. The highest BCUT2D eigenvalue weighted by atomic mass is 16.7. The summed E-state index contributed by atoms with van der Waals surface area (Å²) in [5, 5.41) is 68.6. The number of carbonyl (C=O) groups excluding carboxylic acids is 1. The Labute approximate surface area is 188 Å². The van der Waals surface area contributed by atoms with Crippen LogP contribution in [0.1, 0.15) is 15.9 Å². The van der Waals surface area contributed by atoms with Crippen molar-refractivity contribution in [2.45, 2.75) is 30.7 Å². The highest BCUT2D eigenvalue weighted by molar-refractivity contribution is 6.09. The maximum absolute atomic E-state index is 12.6. The lowest BCUT2D eigenvalue weighted by molar-refractivity contribution is -0.277. The standard InChI is InChI=1S/C22H24O11/c1-31-21-15(32-22-20(30)19(29)18(28)16(9-23)33-22)7-4-11(17(21)27)12(24)5-2-10-3-6-13(25)14(26)8-10/h2-8,16,18-20,22-23,25-30H,9H2,1H3/b5-2-/t16-,18-,19+,20-,22-/m0/s1. The molecule has 5 atom stereocenters. The summed E-state index contributed by atoms with van der Waals surface area (Å²) in [6.07, 6.45) is -5.12. The second-order valence-corrected chi connectivity index (χ2v) is 7.25. The molecule has 0 saturated carbocycles. The van der Waals surface area contributed by atoms with Crippen molar-refractivity contribution >= 4 is 11.9 Å². The first-order chi connectivity index (χ1) is 15.7. The van der Waals surface area contributed by atoms with Gasteiger partial charge in [0.1, 0.15) is 24.4 Å². The minimum Gasteiger partial charge on any atom is -0.504 e. The molecule has 1 fully saturated rings. The quantitative estimate of drug-likeness (QED) is 0.165. The van der Waals surface area contributed by atoms with E-state index in [0.717, 1.165) is 6.08 Å². The lowest BCUT2D eigenvalue weighted by Gasteiger charge is -2.39. The molecule has 0 aliphatic carbocycles. The van der Waals surface area contributed by atoms with Crippen molar-refractivity contribution in [3.05, 3.63) is 47.5 Å². The molecule has 178 valence electrons. The van der Waals surface area contributed by atoms with E-state index in [1.807, 2.05) is 0 Å².